The Labute approximate surface area is 73.7 Å². The molecule has 0 radical (unpaired) electrons. The molecule has 0 bridgehead atoms. The van der Waals surface area contributed by atoms with E-state index in [1.807, 2.05) is 0 Å². The second kappa shape index (κ2) is 2.91. The fraction of sp³-hybridized carbons (Fsp3) is 0. The fourth-order valence-corrected chi connectivity index (χ4v) is 0.939. The monoisotopic (exact) mass is 186 g/mol. The Morgan fingerprint density at radius 1 is 1.50 bits per heavy atom. The van der Waals surface area contributed by atoms with Crippen LogP contribution in [0.25, 0.3) is 0 Å². The molecule has 0 aliphatic carbocycles. The SMILES string of the molecule is NC(=O)c1cc(Cl)c(N)cc1O. The van der Waals surface area contributed by atoms with Crippen LogP contribution in [0, 0.1) is 0 Å². The van der Waals surface area contributed by atoms with Crippen LogP contribution in [0.5, 0.6) is 5.75 Å². The molecule has 0 aliphatic heterocycles. The van der Waals surface area contributed by atoms with Gasteiger partial charge in [-0.25, -0.2) is 0 Å². The van der Waals surface area contributed by atoms with Crippen molar-refractivity contribution in [2.75, 3.05) is 5.73 Å². The number of carbonyl (C=O) groups is 1. The fourth-order valence-electron chi connectivity index (χ4n) is 0.775. The Bertz CT molecular complexity index is 338. The Morgan fingerprint density at radius 2 is 2.08 bits per heavy atom. The molecule has 1 amide bonds. The van der Waals surface area contributed by atoms with Crippen molar-refractivity contribution in [3.05, 3.63) is 22.7 Å². The average Bonchev–Trinajstić information content (AvgIpc) is 1.96. The summed E-state index contributed by atoms with van der Waals surface area (Å²) in [5.74, 6) is -1.00. The first kappa shape index (κ1) is 8.67. The standard InChI is InChI=1S/C7H7ClN2O2/c8-4-1-3(7(10)12)6(11)2-5(4)9/h1-2,11H,9H2,(H2,10,12). The average molecular weight is 187 g/mol. The third kappa shape index (κ3) is 1.43. The lowest BCUT2D eigenvalue weighted by Gasteiger charge is -2.02. The number of hydrogen-bond acceptors (Lipinski definition) is 3. The summed E-state index contributed by atoms with van der Waals surface area (Å²) in [4.78, 5) is 10.6. The van der Waals surface area contributed by atoms with E-state index in [1.54, 1.807) is 0 Å². The van der Waals surface area contributed by atoms with Crippen LogP contribution in [0.15, 0.2) is 12.1 Å². The molecule has 5 heteroatoms. The molecule has 0 aromatic heterocycles. The zero-order chi connectivity index (χ0) is 9.30. The van der Waals surface area contributed by atoms with E-state index in [-0.39, 0.29) is 22.0 Å². The first-order chi connectivity index (χ1) is 5.52. The highest BCUT2D eigenvalue weighted by Crippen LogP contribution is 2.27. The van der Waals surface area contributed by atoms with Crippen LogP contribution in [-0.4, -0.2) is 11.0 Å². The molecule has 1 aromatic carbocycles. The van der Waals surface area contributed by atoms with Gasteiger partial charge in [0, 0.05) is 6.07 Å². The van der Waals surface area contributed by atoms with Gasteiger partial charge in [0.05, 0.1) is 16.3 Å². The third-order valence-electron chi connectivity index (χ3n) is 1.38. The smallest absolute Gasteiger partial charge is 0.252 e. The van der Waals surface area contributed by atoms with Crippen molar-refractivity contribution in [1.29, 1.82) is 0 Å². The maximum atomic E-state index is 10.6. The van der Waals surface area contributed by atoms with E-state index in [0.717, 1.165) is 0 Å². The van der Waals surface area contributed by atoms with E-state index in [1.165, 1.54) is 12.1 Å². The number of amides is 1. The van der Waals surface area contributed by atoms with E-state index in [0.29, 0.717) is 0 Å². The minimum Gasteiger partial charge on any atom is -0.507 e. The molecule has 0 saturated heterocycles. The van der Waals surface area contributed by atoms with Gasteiger partial charge in [-0.3, -0.25) is 4.79 Å². The number of benzene rings is 1. The van der Waals surface area contributed by atoms with E-state index in [2.05, 4.69) is 0 Å². The second-order valence-corrected chi connectivity index (χ2v) is 2.66. The van der Waals surface area contributed by atoms with E-state index >= 15 is 0 Å². The molecule has 64 valence electrons. The van der Waals surface area contributed by atoms with Crippen LogP contribution in [0.1, 0.15) is 10.4 Å². The number of primary amides is 1. The molecule has 1 aromatic rings. The number of anilines is 1. The zero-order valence-corrected chi connectivity index (χ0v) is 6.80. The van der Waals surface area contributed by atoms with Crippen molar-refractivity contribution in [1.82, 2.24) is 0 Å². The van der Waals surface area contributed by atoms with Crippen LogP contribution in [0.3, 0.4) is 0 Å². The molecule has 0 unspecified atom stereocenters. The molecule has 0 fully saturated rings. The van der Waals surface area contributed by atoms with E-state index < -0.39 is 5.91 Å². The van der Waals surface area contributed by atoms with Crippen molar-refractivity contribution in [3.8, 4) is 5.75 Å². The van der Waals surface area contributed by atoms with Crippen molar-refractivity contribution in [2.45, 2.75) is 0 Å². The number of hydrogen-bond donors (Lipinski definition) is 3. The highest BCUT2D eigenvalue weighted by Gasteiger charge is 2.09. The van der Waals surface area contributed by atoms with Gasteiger partial charge in [-0.05, 0) is 6.07 Å². The van der Waals surface area contributed by atoms with Crippen LogP contribution in [0.4, 0.5) is 5.69 Å². The van der Waals surface area contributed by atoms with Gasteiger partial charge in [0.15, 0.2) is 0 Å². The maximum Gasteiger partial charge on any atom is 0.252 e. The predicted molar refractivity (Wildman–Crippen MR) is 46.0 cm³/mol. The number of phenols is 1. The third-order valence-corrected chi connectivity index (χ3v) is 1.71. The van der Waals surface area contributed by atoms with Gasteiger partial charge in [0.25, 0.3) is 5.91 Å². The van der Waals surface area contributed by atoms with Gasteiger partial charge in [-0.15, -0.1) is 0 Å². The predicted octanol–water partition coefficient (Wildman–Crippen LogP) is 0.727. The summed E-state index contributed by atoms with van der Waals surface area (Å²) in [5, 5.41) is 9.34. The van der Waals surface area contributed by atoms with Crippen molar-refractivity contribution < 1.29 is 9.90 Å². The molecule has 0 heterocycles. The van der Waals surface area contributed by atoms with Crippen LogP contribution < -0.4 is 11.5 Å². The first-order valence-corrected chi connectivity index (χ1v) is 3.48. The molecular weight excluding hydrogens is 180 g/mol. The van der Waals surface area contributed by atoms with E-state index in [4.69, 9.17) is 28.2 Å². The van der Waals surface area contributed by atoms with Crippen LogP contribution in [-0.2, 0) is 0 Å². The van der Waals surface area contributed by atoms with Crippen molar-refractivity contribution >= 4 is 23.2 Å². The lowest BCUT2D eigenvalue weighted by atomic mass is 10.2. The molecule has 1 rings (SSSR count). The zero-order valence-electron chi connectivity index (χ0n) is 6.04. The van der Waals surface area contributed by atoms with E-state index in [9.17, 15) is 4.79 Å². The Morgan fingerprint density at radius 3 is 2.58 bits per heavy atom. The molecule has 5 N–H and O–H groups in total. The number of halogens is 1. The molecule has 0 saturated carbocycles. The van der Waals surface area contributed by atoms with Crippen LogP contribution in [0.2, 0.25) is 5.02 Å². The summed E-state index contributed by atoms with van der Waals surface area (Å²) in [6, 6.07) is 2.41. The van der Waals surface area contributed by atoms with Gasteiger partial charge in [0.2, 0.25) is 0 Å². The number of carbonyl (C=O) groups excluding carboxylic acids is 1. The quantitative estimate of drug-likeness (QED) is 0.565. The van der Waals surface area contributed by atoms with Gasteiger partial charge in [0.1, 0.15) is 5.75 Å². The molecule has 12 heavy (non-hydrogen) atoms. The molecular formula is C7H7ClN2O2. The normalized spacial score (nSPS) is 9.75. The van der Waals surface area contributed by atoms with Crippen molar-refractivity contribution in [2.24, 2.45) is 5.73 Å². The molecule has 0 spiro atoms. The van der Waals surface area contributed by atoms with Gasteiger partial charge < -0.3 is 16.6 Å². The van der Waals surface area contributed by atoms with Gasteiger partial charge in [-0.1, -0.05) is 11.6 Å². The highest BCUT2D eigenvalue weighted by molar-refractivity contribution is 6.33. The summed E-state index contributed by atoms with van der Waals surface area (Å²) in [6.07, 6.45) is 0. The summed E-state index contributed by atoms with van der Waals surface area (Å²) in [5.41, 5.74) is 10.5. The largest absolute Gasteiger partial charge is 0.507 e. The van der Waals surface area contributed by atoms with Crippen molar-refractivity contribution in [3.63, 3.8) is 0 Å². The molecule has 0 atom stereocenters. The Hall–Kier alpha value is -1.42. The Balaban J connectivity index is 3.33. The number of nitrogens with two attached hydrogens (primary N) is 2. The summed E-state index contributed by atoms with van der Waals surface area (Å²) < 4.78 is 0. The molecule has 4 nitrogen and oxygen atoms in total. The second-order valence-electron chi connectivity index (χ2n) is 2.26. The lowest BCUT2D eigenvalue weighted by Crippen LogP contribution is -2.11. The lowest BCUT2D eigenvalue weighted by molar-refractivity contribution is 0.0998. The highest BCUT2D eigenvalue weighted by atomic mass is 35.5. The number of nitrogen functional groups attached to an aromatic ring is 1. The minimum absolute atomic E-state index is 0.0331. The summed E-state index contributed by atoms with van der Waals surface area (Å²) in [6.45, 7) is 0. The minimum atomic E-state index is -0.741. The molecule has 0 aliphatic rings. The van der Waals surface area contributed by atoms with Gasteiger partial charge >= 0.3 is 0 Å². The summed E-state index contributed by atoms with van der Waals surface area (Å²) >= 11 is 5.59. The van der Waals surface area contributed by atoms with Gasteiger partial charge in [-0.2, -0.15) is 0 Å². The summed E-state index contributed by atoms with van der Waals surface area (Å²) in [7, 11) is 0. The number of aromatic hydroxyl groups is 1. The first-order valence-electron chi connectivity index (χ1n) is 3.10. The topological polar surface area (TPSA) is 89.3 Å². The van der Waals surface area contributed by atoms with Crippen LogP contribution >= 0.6 is 11.6 Å². The number of rotatable bonds is 1. The maximum absolute atomic E-state index is 10.6. The Kier molecular flexibility index (Phi) is 2.10.